The standard InChI is InChI=1S/C50H79N3O16P2/c1-3-5-7-9-11-13-14-15-16-17-18-20-22-26-30-34-45(55)64-38-42(67-46(56)35-31-27-23-25-29-33-41(54)32-28-24-21-19-12-10-8-6-4-2)39-65-70(60,61)69-71(62,63)66-40-43-47(57)48(58)49(68-43)53-37-36-44(51)52-50(53)59/h11-13,15-16,18-20,23-25,28-29,33,36-37,41-43,47-49,54,57-58H,3-10,14,17,21-22,26-27,30-32,34-35,38-40H2,1-2H3,(H,60,61)(H,62,63)(H2,51,52,59)/b13-11-,16-15-,19-12-,20-18-,25-23+,28-24-,33-29-/t41?,42-,43-,47-,48-,49-/m1/s1. The quantitative estimate of drug-likeness (QED) is 0.0118. The van der Waals surface area contributed by atoms with Crippen LogP contribution < -0.4 is 11.4 Å². The summed E-state index contributed by atoms with van der Waals surface area (Å²) < 4.78 is 56.5. The van der Waals surface area contributed by atoms with Gasteiger partial charge in [-0.05, 0) is 89.5 Å². The molecule has 0 aliphatic carbocycles. The van der Waals surface area contributed by atoms with Crippen LogP contribution in [0.4, 0.5) is 5.82 Å². The zero-order chi connectivity index (χ0) is 52.2. The van der Waals surface area contributed by atoms with Crippen molar-refractivity contribution in [3.63, 3.8) is 0 Å². The molecule has 0 aromatic carbocycles. The van der Waals surface area contributed by atoms with Crippen LogP contribution in [0.1, 0.15) is 142 Å². The first kappa shape index (κ1) is 63.0. The molecule has 2 heterocycles. The Morgan fingerprint density at radius 1 is 0.746 bits per heavy atom. The predicted octanol–water partition coefficient (Wildman–Crippen LogP) is 8.86. The van der Waals surface area contributed by atoms with Crippen molar-refractivity contribution in [2.24, 2.45) is 0 Å². The molecule has 400 valence electrons. The van der Waals surface area contributed by atoms with Crippen molar-refractivity contribution < 1.29 is 71.4 Å². The summed E-state index contributed by atoms with van der Waals surface area (Å²) in [4.78, 5) is 61.8. The summed E-state index contributed by atoms with van der Waals surface area (Å²) in [6.07, 6.45) is 35.6. The number of ether oxygens (including phenoxy) is 3. The molecule has 1 aromatic heterocycles. The Morgan fingerprint density at radius 2 is 1.31 bits per heavy atom. The van der Waals surface area contributed by atoms with Crippen LogP contribution in [0.2, 0.25) is 0 Å². The Balaban J connectivity index is 1.89. The van der Waals surface area contributed by atoms with E-state index in [1.54, 1.807) is 24.3 Å². The van der Waals surface area contributed by atoms with Crippen LogP contribution in [0.25, 0.3) is 0 Å². The maximum Gasteiger partial charge on any atom is 0.481 e. The minimum atomic E-state index is -5.47. The van der Waals surface area contributed by atoms with E-state index in [0.29, 0.717) is 32.1 Å². The molecule has 1 aliphatic heterocycles. The molecule has 21 heteroatoms. The Hall–Kier alpha value is -4.10. The lowest BCUT2D eigenvalue weighted by molar-refractivity contribution is -0.161. The molecule has 0 saturated carbocycles. The Labute approximate surface area is 419 Å². The van der Waals surface area contributed by atoms with Crippen LogP contribution in [0.5, 0.6) is 0 Å². The second-order valence-corrected chi connectivity index (χ2v) is 19.8. The first-order valence-corrected chi connectivity index (χ1v) is 27.7. The number of esters is 2. The van der Waals surface area contributed by atoms with Gasteiger partial charge in [0.1, 0.15) is 30.7 Å². The maximum absolute atomic E-state index is 12.8. The zero-order valence-corrected chi connectivity index (χ0v) is 43.1. The lowest BCUT2D eigenvalue weighted by Crippen LogP contribution is -2.36. The normalized spacial score (nSPS) is 20.3. The molecule has 0 amide bonds. The number of anilines is 1. The van der Waals surface area contributed by atoms with Gasteiger partial charge >= 0.3 is 33.3 Å². The number of carbonyl (C=O) groups excluding carboxylic acids is 2. The monoisotopic (exact) mass is 1040 g/mol. The van der Waals surface area contributed by atoms with E-state index in [0.717, 1.165) is 49.3 Å². The van der Waals surface area contributed by atoms with Gasteiger partial charge in [-0.15, -0.1) is 0 Å². The summed E-state index contributed by atoms with van der Waals surface area (Å²) >= 11 is 0. The fraction of sp³-hybridized carbons (Fsp3) is 0.600. The highest BCUT2D eigenvalue weighted by Crippen LogP contribution is 2.60. The first-order chi connectivity index (χ1) is 34.1. The topological polar surface area (TPSA) is 286 Å². The number of unbranched alkanes of at least 4 members (excludes halogenated alkanes) is 9. The highest BCUT2D eigenvalue weighted by molar-refractivity contribution is 7.61. The van der Waals surface area contributed by atoms with Crippen molar-refractivity contribution in [1.82, 2.24) is 9.55 Å². The molecule has 19 nitrogen and oxygen atoms in total. The van der Waals surface area contributed by atoms with E-state index in [1.807, 2.05) is 18.2 Å². The average Bonchev–Trinajstić information content (AvgIpc) is 3.60. The number of aromatic nitrogens is 2. The van der Waals surface area contributed by atoms with E-state index >= 15 is 0 Å². The zero-order valence-electron chi connectivity index (χ0n) is 41.4. The van der Waals surface area contributed by atoms with Gasteiger partial charge in [0.2, 0.25) is 0 Å². The first-order valence-electron chi connectivity index (χ1n) is 24.7. The van der Waals surface area contributed by atoms with Crippen molar-refractivity contribution in [2.45, 2.75) is 173 Å². The molecule has 1 saturated heterocycles. The van der Waals surface area contributed by atoms with Gasteiger partial charge in [-0.2, -0.15) is 9.29 Å². The summed E-state index contributed by atoms with van der Waals surface area (Å²) in [5.74, 6) is -1.49. The Bertz CT molecular complexity index is 2040. The number of hydrogen-bond donors (Lipinski definition) is 6. The molecular formula is C50H79N3O16P2. The highest BCUT2D eigenvalue weighted by atomic mass is 31.3. The fourth-order valence-electron chi connectivity index (χ4n) is 6.63. The Morgan fingerprint density at radius 3 is 1.93 bits per heavy atom. The summed E-state index contributed by atoms with van der Waals surface area (Å²) in [6, 6.07) is 1.23. The molecule has 7 N–H and O–H groups in total. The van der Waals surface area contributed by atoms with E-state index in [-0.39, 0.29) is 18.7 Å². The number of carbonyl (C=O) groups is 2. The third-order valence-corrected chi connectivity index (χ3v) is 13.1. The van der Waals surface area contributed by atoms with Crippen LogP contribution in [0, 0.1) is 0 Å². The van der Waals surface area contributed by atoms with Gasteiger partial charge in [-0.1, -0.05) is 125 Å². The van der Waals surface area contributed by atoms with Gasteiger partial charge in [0.05, 0.1) is 19.3 Å². The summed E-state index contributed by atoms with van der Waals surface area (Å²) in [6.45, 7) is 1.90. The second kappa shape index (κ2) is 37.6. The number of rotatable bonds is 39. The van der Waals surface area contributed by atoms with Crippen LogP contribution in [0.15, 0.2) is 102 Å². The molecule has 0 spiro atoms. The largest absolute Gasteiger partial charge is 0.481 e. The van der Waals surface area contributed by atoms with Crippen molar-refractivity contribution in [3.05, 3.63) is 108 Å². The van der Waals surface area contributed by atoms with Gasteiger partial charge in [0.15, 0.2) is 12.3 Å². The second-order valence-electron chi connectivity index (χ2n) is 16.8. The average molecular weight is 1040 g/mol. The van der Waals surface area contributed by atoms with Crippen molar-refractivity contribution in [3.8, 4) is 0 Å². The van der Waals surface area contributed by atoms with Crippen molar-refractivity contribution in [2.75, 3.05) is 25.6 Å². The Kier molecular flexibility index (Phi) is 33.4. The van der Waals surface area contributed by atoms with Gasteiger partial charge in [-0.3, -0.25) is 23.2 Å². The molecule has 0 bridgehead atoms. The molecule has 1 fully saturated rings. The fourth-order valence-corrected chi connectivity index (χ4v) is 8.74. The minimum absolute atomic E-state index is 0.0443. The van der Waals surface area contributed by atoms with E-state index < -0.39 is 89.8 Å². The third-order valence-electron chi connectivity index (χ3n) is 10.5. The van der Waals surface area contributed by atoms with Gasteiger partial charge < -0.3 is 45.1 Å². The third kappa shape index (κ3) is 30.5. The number of nitrogens with zero attached hydrogens (tertiary/aromatic N) is 2. The molecule has 71 heavy (non-hydrogen) atoms. The summed E-state index contributed by atoms with van der Waals surface area (Å²) in [7, 11) is -10.9. The lowest BCUT2D eigenvalue weighted by Gasteiger charge is -2.21. The van der Waals surface area contributed by atoms with E-state index in [9.17, 15) is 48.6 Å². The van der Waals surface area contributed by atoms with Crippen LogP contribution in [0.3, 0.4) is 0 Å². The number of aliphatic hydroxyl groups is 3. The van der Waals surface area contributed by atoms with E-state index in [1.165, 1.54) is 44.6 Å². The van der Waals surface area contributed by atoms with Gasteiger partial charge in [-0.25, -0.2) is 13.9 Å². The summed E-state index contributed by atoms with van der Waals surface area (Å²) in [5, 5.41) is 31.1. The lowest BCUT2D eigenvalue weighted by atomic mass is 10.1. The number of aliphatic hydroxyl groups excluding tert-OH is 3. The SMILES string of the molecule is CCCCC/C=C\C/C=C\C/C=C\CCCCC(=O)OC[C@H](COP(=O)(O)OP(=O)(O)OC[C@H]1O[C@@H](n2ccc(N)nc2=O)[C@H](O)[C@@H]1O)OC(=O)CCC/C=C/C=C\C(O)C/C=C\C/C=C\CCCCC. The van der Waals surface area contributed by atoms with Crippen LogP contribution in [-0.4, -0.2) is 96.9 Å². The van der Waals surface area contributed by atoms with E-state index in [4.69, 9.17) is 29.0 Å². The minimum Gasteiger partial charge on any atom is -0.462 e. The molecule has 1 aliphatic rings. The van der Waals surface area contributed by atoms with Crippen LogP contribution >= 0.6 is 15.6 Å². The maximum atomic E-state index is 12.8. The van der Waals surface area contributed by atoms with E-state index in [2.05, 4.69) is 65.7 Å². The molecule has 3 unspecified atom stereocenters. The van der Waals surface area contributed by atoms with Crippen molar-refractivity contribution >= 4 is 33.4 Å². The number of allylic oxidation sites excluding steroid dienone is 12. The summed E-state index contributed by atoms with van der Waals surface area (Å²) in [5.41, 5.74) is 4.57. The number of nitrogen functional groups attached to an aromatic ring is 1. The highest BCUT2D eigenvalue weighted by Gasteiger charge is 2.46. The van der Waals surface area contributed by atoms with Gasteiger partial charge in [0, 0.05) is 19.0 Å². The smallest absolute Gasteiger partial charge is 0.462 e. The molecule has 1 aromatic rings. The number of hydrogen-bond acceptors (Lipinski definition) is 16. The molecular weight excluding hydrogens is 961 g/mol. The molecule has 0 radical (unpaired) electrons. The number of nitrogens with two attached hydrogens (primary N) is 1. The van der Waals surface area contributed by atoms with Gasteiger partial charge in [0.25, 0.3) is 0 Å². The predicted molar refractivity (Wildman–Crippen MR) is 271 cm³/mol. The number of phosphoric acid groups is 2. The molecule has 2 rings (SSSR count). The van der Waals surface area contributed by atoms with Crippen LogP contribution in [-0.2, 0) is 46.3 Å². The number of phosphoric ester groups is 2. The molecule has 8 atom stereocenters. The van der Waals surface area contributed by atoms with Crippen molar-refractivity contribution in [1.29, 1.82) is 0 Å².